The van der Waals surface area contributed by atoms with Crippen LogP contribution in [-0.2, 0) is 42.7 Å². The van der Waals surface area contributed by atoms with Gasteiger partial charge >= 0.3 is 0 Å². The number of nitrogens with zero attached hydrogens (tertiary/aromatic N) is 2. The van der Waals surface area contributed by atoms with Crippen LogP contribution >= 0.6 is 11.3 Å². The van der Waals surface area contributed by atoms with Crippen LogP contribution in [0.2, 0.25) is 0 Å². The average molecular weight is 466 g/mol. The van der Waals surface area contributed by atoms with Crippen molar-refractivity contribution in [2.75, 3.05) is 10.8 Å². The molecule has 1 aliphatic heterocycles. The second-order valence-corrected chi connectivity index (χ2v) is 7.35. The number of terminal acetylenes is 1. The molecule has 1 aromatic carbocycles. The van der Waals surface area contributed by atoms with Gasteiger partial charge in [-0.1, -0.05) is 44.0 Å². The summed E-state index contributed by atoms with van der Waals surface area (Å²) in [6.45, 7) is 5.67. The molecule has 0 atom stereocenters. The number of hydrogen-bond donors (Lipinski definition) is 1. The summed E-state index contributed by atoms with van der Waals surface area (Å²) in [5.41, 5.74) is 2.92. The SMILES string of the molecule is C#CCN1c2scnc2C(O)=C(c2ccccc2C)S1(=O)=O.CC.[CH3-].[Y]. The normalized spacial score (nSPS) is 14.0. The number of fused-ring (bicyclic) bond motifs is 1. The standard InChI is InChI=1S/C15H12N2O3S2.C2H6.CH3.Y/c1-3-8-17-15-12(16-9-21-15)13(18)14(22(17,19)20)11-7-5-4-6-10(11)2;1-2;;/h1,4-7,9,18H,8H2,2H3;1-2H3;1H3;/q;;-1;. The van der Waals surface area contributed by atoms with Gasteiger partial charge in [-0.15, -0.1) is 17.8 Å². The zero-order chi connectivity index (χ0) is 17.9. The molecule has 137 valence electrons. The van der Waals surface area contributed by atoms with E-state index in [0.717, 1.165) is 21.2 Å². The van der Waals surface area contributed by atoms with Crippen LogP contribution in [0.25, 0.3) is 10.7 Å². The van der Waals surface area contributed by atoms with Gasteiger partial charge in [0.05, 0.1) is 12.1 Å². The monoisotopic (exact) mass is 466 g/mol. The Hall–Kier alpha value is -1.20. The Morgan fingerprint density at radius 1 is 1.31 bits per heavy atom. The number of anilines is 1. The molecule has 0 unspecified atom stereocenters. The second kappa shape index (κ2) is 10.2. The first kappa shape index (κ1) is 24.8. The molecule has 0 amide bonds. The Balaban J connectivity index is 0.00000151. The summed E-state index contributed by atoms with van der Waals surface area (Å²) >= 11 is 1.13. The van der Waals surface area contributed by atoms with Crippen LogP contribution in [0.3, 0.4) is 0 Å². The van der Waals surface area contributed by atoms with Crippen molar-refractivity contribution in [1.82, 2.24) is 4.98 Å². The van der Waals surface area contributed by atoms with Crippen LogP contribution in [0, 0.1) is 26.7 Å². The smallest absolute Gasteiger partial charge is 0.270 e. The third-order valence-electron chi connectivity index (χ3n) is 3.39. The van der Waals surface area contributed by atoms with Gasteiger partial charge in [0.15, 0.2) is 5.76 Å². The molecule has 1 aliphatic rings. The molecule has 2 aromatic rings. The summed E-state index contributed by atoms with van der Waals surface area (Å²) in [6, 6.07) is 6.97. The van der Waals surface area contributed by atoms with Crippen LogP contribution < -0.4 is 4.31 Å². The predicted molar refractivity (Wildman–Crippen MR) is 106 cm³/mol. The number of thiazole rings is 1. The maximum atomic E-state index is 12.9. The molecule has 0 spiro atoms. The molecule has 0 bridgehead atoms. The van der Waals surface area contributed by atoms with Crippen molar-refractivity contribution in [3.05, 3.63) is 54.0 Å². The molecule has 5 nitrogen and oxygen atoms in total. The first-order valence-electron chi connectivity index (χ1n) is 7.37. The molecule has 1 N–H and O–H groups in total. The Bertz CT molecular complexity index is 928. The van der Waals surface area contributed by atoms with Gasteiger partial charge in [0, 0.05) is 38.3 Å². The van der Waals surface area contributed by atoms with Gasteiger partial charge in [-0.25, -0.2) is 17.7 Å². The first-order valence-corrected chi connectivity index (χ1v) is 9.69. The Morgan fingerprint density at radius 2 is 1.92 bits per heavy atom. The number of sulfonamides is 1. The largest absolute Gasteiger partial charge is 0.504 e. The number of aryl methyl sites for hydroxylation is 1. The van der Waals surface area contributed by atoms with Crippen molar-refractivity contribution in [3.63, 3.8) is 0 Å². The maximum absolute atomic E-state index is 12.9. The van der Waals surface area contributed by atoms with E-state index in [-0.39, 0.29) is 63.0 Å². The minimum atomic E-state index is -3.94. The molecule has 3 rings (SSSR count). The summed E-state index contributed by atoms with van der Waals surface area (Å²) in [7, 11) is -3.94. The maximum Gasteiger partial charge on any atom is 0.270 e. The number of aliphatic hydroxyl groups is 1. The van der Waals surface area contributed by atoms with Gasteiger partial charge < -0.3 is 12.5 Å². The quantitative estimate of drug-likeness (QED) is 0.535. The molecular formula is C18H21N2O3S2Y-. The number of aromatic nitrogens is 1. The molecule has 2 heterocycles. The third kappa shape index (κ3) is 4.20. The molecule has 1 radical (unpaired) electrons. The fourth-order valence-electron chi connectivity index (χ4n) is 2.36. The van der Waals surface area contributed by atoms with Crippen molar-refractivity contribution in [2.45, 2.75) is 20.8 Å². The topological polar surface area (TPSA) is 70.5 Å². The molecule has 0 saturated heterocycles. The summed E-state index contributed by atoms with van der Waals surface area (Å²) in [5, 5.41) is 10.8. The van der Waals surface area contributed by atoms with Gasteiger partial charge in [0.25, 0.3) is 10.0 Å². The fourth-order valence-corrected chi connectivity index (χ4v) is 5.10. The summed E-state index contributed by atoms with van der Waals surface area (Å²) in [6.07, 6.45) is 5.30. The van der Waals surface area contributed by atoms with Crippen molar-refractivity contribution < 1.29 is 46.2 Å². The molecular weight excluding hydrogens is 445 g/mol. The Labute approximate surface area is 185 Å². The van der Waals surface area contributed by atoms with E-state index in [1.165, 1.54) is 5.51 Å². The van der Waals surface area contributed by atoms with Crippen LogP contribution in [-0.4, -0.2) is 25.1 Å². The van der Waals surface area contributed by atoms with Crippen LogP contribution in [0.1, 0.15) is 30.7 Å². The van der Waals surface area contributed by atoms with Gasteiger partial charge in [-0.05, 0) is 12.5 Å². The van der Waals surface area contributed by atoms with Gasteiger partial charge in [-0.2, -0.15) is 0 Å². The third-order valence-corrected chi connectivity index (χ3v) is 6.17. The number of aliphatic hydroxyl groups excluding tert-OH is 1. The zero-order valence-corrected chi connectivity index (χ0v) is 19.7. The minimum absolute atomic E-state index is 0. The van der Waals surface area contributed by atoms with E-state index >= 15 is 0 Å². The summed E-state index contributed by atoms with van der Waals surface area (Å²) in [4.78, 5) is 3.92. The number of hydrogen-bond acceptors (Lipinski definition) is 5. The summed E-state index contributed by atoms with van der Waals surface area (Å²) in [5.74, 6) is 2.01. The Kier molecular flexibility index (Phi) is 9.75. The predicted octanol–water partition coefficient (Wildman–Crippen LogP) is 4.09. The average Bonchev–Trinajstić information content (AvgIpc) is 3.04. The summed E-state index contributed by atoms with van der Waals surface area (Å²) < 4.78 is 26.9. The van der Waals surface area contributed by atoms with E-state index in [2.05, 4.69) is 10.9 Å². The Morgan fingerprint density at radius 3 is 2.50 bits per heavy atom. The van der Waals surface area contributed by atoms with Gasteiger partial charge in [0.2, 0.25) is 0 Å². The van der Waals surface area contributed by atoms with E-state index < -0.39 is 10.0 Å². The number of benzene rings is 1. The van der Waals surface area contributed by atoms with Gasteiger partial charge in [-0.3, -0.25) is 0 Å². The zero-order valence-electron chi connectivity index (χ0n) is 15.2. The van der Waals surface area contributed by atoms with E-state index in [4.69, 9.17) is 6.42 Å². The molecule has 0 saturated carbocycles. The molecule has 0 aliphatic carbocycles. The second-order valence-electron chi connectivity index (χ2n) is 4.71. The van der Waals surface area contributed by atoms with E-state index in [1.54, 1.807) is 31.2 Å². The van der Waals surface area contributed by atoms with Crippen LogP contribution in [0.4, 0.5) is 5.00 Å². The van der Waals surface area contributed by atoms with Crippen molar-refractivity contribution in [2.24, 2.45) is 0 Å². The fraction of sp³-hybridized carbons (Fsp3) is 0.222. The van der Waals surface area contributed by atoms with E-state index in [9.17, 15) is 13.5 Å². The van der Waals surface area contributed by atoms with Crippen LogP contribution in [0.5, 0.6) is 0 Å². The first-order chi connectivity index (χ1) is 11.5. The minimum Gasteiger partial charge on any atom is -0.504 e. The van der Waals surface area contributed by atoms with E-state index in [1.807, 2.05) is 13.8 Å². The molecule has 26 heavy (non-hydrogen) atoms. The number of rotatable bonds is 2. The van der Waals surface area contributed by atoms with Crippen molar-refractivity contribution >= 4 is 37.0 Å². The van der Waals surface area contributed by atoms with Crippen molar-refractivity contribution in [1.29, 1.82) is 0 Å². The van der Waals surface area contributed by atoms with E-state index in [0.29, 0.717) is 10.6 Å². The van der Waals surface area contributed by atoms with Gasteiger partial charge in [0.1, 0.15) is 15.6 Å². The van der Waals surface area contributed by atoms with Crippen LogP contribution in [0.15, 0.2) is 29.8 Å². The molecule has 8 heteroatoms. The molecule has 1 aromatic heterocycles. The van der Waals surface area contributed by atoms with Crippen molar-refractivity contribution in [3.8, 4) is 12.3 Å². The molecule has 0 fully saturated rings.